The largest absolute Gasteiger partial charge is 0.468 e. The van der Waals surface area contributed by atoms with Gasteiger partial charge in [0, 0.05) is 11.5 Å². The molecule has 0 amide bonds. The van der Waals surface area contributed by atoms with Gasteiger partial charge in [0.05, 0.1) is 28.6 Å². The smallest absolute Gasteiger partial charge is 0.324 e. The highest BCUT2D eigenvalue weighted by Crippen LogP contribution is 2.25. The fourth-order valence-electron chi connectivity index (χ4n) is 3.73. The maximum Gasteiger partial charge on any atom is 0.324 e. The van der Waals surface area contributed by atoms with Crippen molar-refractivity contribution in [3.63, 3.8) is 0 Å². The maximum atomic E-state index is 12.8. The van der Waals surface area contributed by atoms with Crippen LogP contribution in [0, 0.1) is 5.92 Å². The Bertz CT molecular complexity index is 1460. The molecule has 2 unspecified atom stereocenters. The van der Waals surface area contributed by atoms with Gasteiger partial charge in [0.25, 0.3) is 0 Å². The van der Waals surface area contributed by atoms with Gasteiger partial charge >= 0.3 is 5.97 Å². The number of sulfonamides is 1. The number of furan rings is 1. The van der Waals surface area contributed by atoms with E-state index in [1.165, 1.54) is 19.2 Å². The molecule has 0 radical (unpaired) electrons. The SMILES string of the molecule is COC(=O)C(NS(=O)(=O)c1ccc(-c2ccc(CS(=O)c3cc4ccccc4o3)cc2)cc1)C(C)C. The van der Waals surface area contributed by atoms with E-state index in [0.717, 1.165) is 22.1 Å². The van der Waals surface area contributed by atoms with Crippen LogP contribution in [0.1, 0.15) is 19.4 Å². The summed E-state index contributed by atoms with van der Waals surface area (Å²) < 4.78 is 51.2. The predicted octanol–water partition coefficient (Wildman–Crippen LogP) is 4.88. The normalized spacial score (nSPS) is 13.6. The molecule has 4 aromatic rings. The van der Waals surface area contributed by atoms with Gasteiger partial charge in [-0.25, -0.2) is 8.42 Å². The van der Waals surface area contributed by atoms with E-state index in [1.54, 1.807) is 32.0 Å². The summed E-state index contributed by atoms with van der Waals surface area (Å²) in [4.78, 5) is 12.0. The zero-order chi connectivity index (χ0) is 25.9. The number of para-hydroxylation sites is 1. The molecule has 2 atom stereocenters. The molecule has 0 aliphatic carbocycles. The molecule has 9 heteroatoms. The van der Waals surface area contributed by atoms with Gasteiger partial charge in [-0.2, -0.15) is 4.72 Å². The van der Waals surface area contributed by atoms with Crippen molar-refractivity contribution in [2.24, 2.45) is 5.92 Å². The van der Waals surface area contributed by atoms with Gasteiger partial charge in [-0.1, -0.05) is 68.4 Å². The Morgan fingerprint density at radius 1 is 0.972 bits per heavy atom. The number of rotatable bonds is 9. The molecular weight excluding hydrogens is 498 g/mol. The summed E-state index contributed by atoms with van der Waals surface area (Å²) in [5.41, 5.74) is 3.32. The third-order valence-electron chi connectivity index (χ3n) is 5.78. The van der Waals surface area contributed by atoms with Gasteiger partial charge in [-0.3, -0.25) is 9.00 Å². The number of hydrogen-bond donors (Lipinski definition) is 1. The first-order chi connectivity index (χ1) is 17.2. The molecule has 1 heterocycles. The molecule has 0 saturated heterocycles. The minimum atomic E-state index is -3.91. The molecule has 0 bridgehead atoms. The number of carbonyl (C=O) groups is 1. The van der Waals surface area contributed by atoms with Crippen LogP contribution in [0.15, 0.2) is 93.3 Å². The van der Waals surface area contributed by atoms with E-state index in [-0.39, 0.29) is 10.8 Å². The second-order valence-electron chi connectivity index (χ2n) is 8.68. The summed E-state index contributed by atoms with van der Waals surface area (Å²) in [6.45, 7) is 3.48. The molecule has 36 heavy (non-hydrogen) atoms. The topological polar surface area (TPSA) is 103 Å². The van der Waals surface area contributed by atoms with Gasteiger partial charge in [0.15, 0.2) is 5.09 Å². The van der Waals surface area contributed by atoms with Crippen molar-refractivity contribution in [2.75, 3.05) is 7.11 Å². The molecule has 0 spiro atoms. The number of fused-ring (bicyclic) bond motifs is 1. The highest BCUT2D eigenvalue weighted by molar-refractivity contribution is 7.89. The van der Waals surface area contributed by atoms with Crippen LogP contribution in [0.4, 0.5) is 0 Å². The van der Waals surface area contributed by atoms with E-state index in [2.05, 4.69) is 4.72 Å². The van der Waals surface area contributed by atoms with Crippen LogP contribution in [0.25, 0.3) is 22.1 Å². The summed E-state index contributed by atoms with van der Waals surface area (Å²) >= 11 is 0. The van der Waals surface area contributed by atoms with Crippen molar-refractivity contribution in [2.45, 2.75) is 35.6 Å². The molecule has 3 aromatic carbocycles. The van der Waals surface area contributed by atoms with Crippen LogP contribution >= 0.6 is 0 Å². The first-order valence-corrected chi connectivity index (χ1v) is 14.1. The van der Waals surface area contributed by atoms with Gasteiger partial charge < -0.3 is 9.15 Å². The molecule has 188 valence electrons. The number of esters is 1. The van der Waals surface area contributed by atoms with Gasteiger partial charge in [-0.15, -0.1) is 0 Å². The van der Waals surface area contributed by atoms with Crippen LogP contribution in [-0.2, 0) is 36.1 Å². The van der Waals surface area contributed by atoms with Gasteiger partial charge in [0.2, 0.25) is 10.0 Å². The number of methoxy groups -OCH3 is 1. The van der Waals surface area contributed by atoms with Gasteiger partial charge in [0.1, 0.15) is 11.6 Å². The number of carbonyl (C=O) groups excluding carboxylic acids is 1. The third kappa shape index (κ3) is 5.75. The Morgan fingerprint density at radius 3 is 2.17 bits per heavy atom. The molecule has 7 nitrogen and oxygen atoms in total. The molecular formula is C27H27NO6S2. The van der Waals surface area contributed by atoms with Gasteiger partial charge in [-0.05, 0) is 40.8 Å². The first kappa shape index (κ1) is 25.8. The lowest BCUT2D eigenvalue weighted by Crippen LogP contribution is -2.44. The molecule has 0 saturated carbocycles. The fraction of sp³-hybridized carbons (Fsp3) is 0.222. The molecule has 4 rings (SSSR count). The Hall–Kier alpha value is -3.27. The van der Waals surface area contributed by atoms with Crippen molar-refractivity contribution < 1.29 is 26.6 Å². The highest BCUT2D eigenvalue weighted by atomic mass is 32.2. The zero-order valence-electron chi connectivity index (χ0n) is 20.1. The Balaban J connectivity index is 1.45. The summed E-state index contributed by atoms with van der Waals surface area (Å²) in [5.74, 6) is -0.585. The van der Waals surface area contributed by atoms with Crippen LogP contribution < -0.4 is 4.72 Å². The third-order valence-corrected chi connectivity index (χ3v) is 8.48. The second-order valence-corrected chi connectivity index (χ2v) is 11.8. The first-order valence-electron chi connectivity index (χ1n) is 11.3. The number of nitrogens with one attached hydrogen (secondary N) is 1. The predicted molar refractivity (Wildman–Crippen MR) is 139 cm³/mol. The number of ether oxygens (including phenoxy) is 1. The average molecular weight is 526 g/mol. The molecule has 1 N–H and O–H groups in total. The Kier molecular flexibility index (Phi) is 7.73. The lowest BCUT2D eigenvalue weighted by molar-refractivity contribution is -0.143. The van der Waals surface area contributed by atoms with E-state index in [4.69, 9.17) is 9.15 Å². The molecule has 0 aliphatic rings. The number of hydrogen-bond acceptors (Lipinski definition) is 6. The second kappa shape index (κ2) is 10.8. The van der Waals surface area contributed by atoms with Crippen molar-refractivity contribution in [1.82, 2.24) is 4.72 Å². The highest BCUT2D eigenvalue weighted by Gasteiger charge is 2.29. The molecule has 1 aromatic heterocycles. The summed E-state index contributed by atoms with van der Waals surface area (Å²) in [5, 5.41) is 1.36. The van der Waals surface area contributed by atoms with Crippen LogP contribution in [0.2, 0.25) is 0 Å². The minimum absolute atomic E-state index is 0.0543. The number of benzene rings is 3. The maximum absolute atomic E-state index is 12.8. The van der Waals surface area contributed by atoms with Crippen molar-refractivity contribution in [3.8, 4) is 11.1 Å². The van der Waals surface area contributed by atoms with E-state index < -0.39 is 32.8 Å². The van der Waals surface area contributed by atoms with Crippen LogP contribution in [0.5, 0.6) is 0 Å². The van der Waals surface area contributed by atoms with E-state index in [0.29, 0.717) is 16.4 Å². The monoisotopic (exact) mass is 525 g/mol. The summed E-state index contributed by atoms with van der Waals surface area (Å²) in [7, 11) is -4.00. The quantitative estimate of drug-likeness (QED) is 0.312. The standard InChI is InChI=1S/C27H27NO6S2/c1-18(2)26(27(29)33-3)28-36(31,32)23-14-12-21(13-15-23)20-10-8-19(9-11-20)17-35(30)25-16-22-6-4-5-7-24(22)34-25/h4-16,18,26,28H,17H2,1-3H3. The fourth-order valence-corrected chi connectivity index (χ4v) is 6.14. The van der Waals surface area contributed by atoms with Crippen LogP contribution in [-0.4, -0.2) is 31.7 Å². The molecule has 0 aliphatic heterocycles. The van der Waals surface area contributed by atoms with E-state index in [1.807, 2.05) is 48.5 Å². The lowest BCUT2D eigenvalue weighted by Gasteiger charge is -2.19. The summed E-state index contributed by atoms with van der Waals surface area (Å²) in [6, 6.07) is 22.4. The van der Waals surface area contributed by atoms with Crippen molar-refractivity contribution in [1.29, 1.82) is 0 Å². The van der Waals surface area contributed by atoms with Crippen molar-refractivity contribution >= 4 is 37.8 Å². The van der Waals surface area contributed by atoms with Crippen LogP contribution in [0.3, 0.4) is 0 Å². The van der Waals surface area contributed by atoms with E-state index in [9.17, 15) is 17.4 Å². The zero-order valence-corrected chi connectivity index (χ0v) is 21.8. The Morgan fingerprint density at radius 2 is 1.58 bits per heavy atom. The minimum Gasteiger partial charge on any atom is -0.468 e. The molecule has 0 fully saturated rings. The average Bonchev–Trinajstić information content (AvgIpc) is 3.32. The van der Waals surface area contributed by atoms with E-state index >= 15 is 0 Å². The van der Waals surface area contributed by atoms with Crippen molar-refractivity contribution in [3.05, 3.63) is 84.4 Å². The Labute approximate surface area is 213 Å². The summed E-state index contributed by atoms with van der Waals surface area (Å²) in [6.07, 6.45) is 0. The lowest BCUT2D eigenvalue weighted by atomic mass is 10.0.